The van der Waals surface area contributed by atoms with Gasteiger partial charge in [-0.1, -0.05) is 58.9 Å². The highest BCUT2D eigenvalue weighted by Gasteiger charge is 2.13. The SMILES string of the molecule is CC(C)Cc1ncc(-c2ccc(C(C)(C)C)cc2)cn1. The smallest absolute Gasteiger partial charge is 0.128 e. The highest BCUT2D eigenvalue weighted by atomic mass is 14.9. The van der Waals surface area contributed by atoms with Gasteiger partial charge >= 0.3 is 0 Å². The van der Waals surface area contributed by atoms with Crippen molar-refractivity contribution in [3.8, 4) is 11.1 Å². The lowest BCUT2D eigenvalue weighted by Gasteiger charge is -2.19. The second-order valence-corrected chi connectivity index (χ2v) is 6.81. The van der Waals surface area contributed by atoms with E-state index in [4.69, 9.17) is 0 Å². The molecule has 0 saturated carbocycles. The molecule has 0 aliphatic carbocycles. The first-order valence-electron chi connectivity index (χ1n) is 7.28. The first kappa shape index (κ1) is 14.7. The van der Waals surface area contributed by atoms with Crippen LogP contribution in [0, 0.1) is 5.92 Å². The van der Waals surface area contributed by atoms with Crippen LogP contribution in [0.4, 0.5) is 0 Å². The molecule has 1 aromatic heterocycles. The van der Waals surface area contributed by atoms with Crippen molar-refractivity contribution in [1.82, 2.24) is 9.97 Å². The predicted molar refractivity (Wildman–Crippen MR) is 84.7 cm³/mol. The van der Waals surface area contributed by atoms with Crippen LogP contribution in [0.2, 0.25) is 0 Å². The van der Waals surface area contributed by atoms with Crippen molar-refractivity contribution in [3.63, 3.8) is 0 Å². The molecule has 1 heterocycles. The Morgan fingerprint density at radius 3 is 1.90 bits per heavy atom. The number of benzene rings is 1. The average Bonchev–Trinajstić information content (AvgIpc) is 2.38. The maximum absolute atomic E-state index is 4.46. The Kier molecular flexibility index (Phi) is 4.22. The summed E-state index contributed by atoms with van der Waals surface area (Å²) in [7, 11) is 0. The molecule has 0 spiro atoms. The third-order valence-corrected chi connectivity index (χ3v) is 3.38. The van der Waals surface area contributed by atoms with Crippen molar-refractivity contribution in [2.24, 2.45) is 5.92 Å². The molecular formula is C18H24N2. The molecule has 106 valence electrons. The fourth-order valence-electron chi connectivity index (χ4n) is 2.14. The fraction of sp³-hybridized carbons (Fsp3) is 0.444. The van der Waals surface area contributed by atoms with Crippen LogP contribution in [0.3, 0.4) is 0 Å². The third-order valence-electron chi connectivity index (χ3n) is 3.38. The molecule has 0 fully saturated rings. The van der Waals surface area contributed by atoms with Crippen molar-refractivity contribution >= 4 is 0 Å². The largest absolute Gasteiger partial charge is 0.241 e. The summed E-state index contributed by atoms with van der Waals surface area (Å²) >= 11 is 0. The van der Waals surface area contributed by atoms with Gasteiger partial charge in [-0.15, -0.1) is 0 Å². The van der Waals surface area contributed by atoms with Gasteiger partial charge in [-0.2, -0.15) is 0 Å². The van der Waals surface area contributed by atoms with Gasteiger partial charge in [0.1, 0.15) is 5.82 Å². The minimum Gasteiger partial charge on any atom is -0.241 e. The summed E-state index contributed by atoms with van der Waals surface area (Å²) in [6, 6.07) is 8.69. The van der Waals surface area contributed by atoms with Crippen LogP contribution >= 0.6 is 0 Å². The zero-order valence-corrected chi connectivity index (χ0v) is 13.1. The summed E-state index contributed by atoms with van der Waals surface area (Å²) in [5.74, 6) is 1.52. The van der Waals surface area contributed by atoms with E-state index in [1.165, 1.54) is 11.1 Å². The normalized spacial score (nSPS) is 11.9. The molecule has 0 bridgehead atoms. The van der Waals surface area contributed by atoms with Crippen molar-refractivity contribution in [3.05, 3.63) is 48.0 Å². The Balaban J connectivity index is 2.19. The summed E-state index contributed by atoms with van der Waals surface area (Å²) in [6.07, 6.45) is 4.79. The lowest BCUT2D eigenvalue weighted by molar-refractivity contribution is 0.590. The highest BCUT2D eigenvalue weighted by molar-refractivity contribution is 5.61. The summed E-state index contributed by atoms with van der Waals surface area (Å²) in [5.41, 5.74) is 3.79. The van der Waals surface area contributed by atoms with Gasteiger partial charge in [-0.05, 0) is 22.5 Å². The summed E-state index contributed by atoms with van der Waals surface area (Å²) in [5, 5.41) is 0. The van der Waals surface area contributed by atoms with E-state index in [0.717, 1.165) is 17.8 Å². The molecule has 2 aromatic rings. The van der Waals surface area contributed by atoms with Crippen LogP contribution in [0.25, 0.3) is 11.1 Å². The molecule has 2 nitrogen and oxygen atoms in total. The Hall–Kier alpha value is -1.70. The van der Waals surface area contributed by atoms with E-state index in [1.807, 2.05) is 12.4 Å². The average molecular weight is 268 g/mol. The van der Waals surface area contributed by atoms with Crippen LogP contribution in [-0.4, -0.2) is 9.97 Å². The van der Waals surface area contributed by atoms with Crippen molar-refractivity contribution in [2.75, 3.05) is 0 Å². The molecule has 0 aliphatic rings. The summed E-state index contributed by atoms with van der Waals surface area (Å²) in [4.78, 5) is 8.91. The zero-order chi connectivity index (χ0) is 14.8. The summed E-state index contributed by atoms with van der Waals surface area (Å²) in [6.45, 7) is 11.1. The van der Waals surface area contributed by atoms with Gasteiger partial charge in [-0.25, -0.2) is 9.97 Å². The van der Waals surface area contributed by atoms with Gasteiger partial charge in [0.15, 0.2) is 0 Å². The Morgan fingerprint density at radius 2 is 1.45 bits per heavy atom. The zero-order valence-electron chi connectivity index (χ0n) is 13.1. The van der Waals surface area contributed by atoms with Crippen molar-refractivity contribution in [1.29, 1.82) is 0 Å². The quantitative estimate of drug-likeness (QED) is 0.810. The lowest BCUT2D eigenvalue weighted by atomic mass is 9.86. The van der Waals surface area contributed by atoms with Gasteiger partial charge in [0.25, 0.3) is 0 Å². The van der Waals surface area contributed by atoms with Crippen LogP contribution in [0.15, 0.2) is 36.7 Å². The van der Waals surface area contributed by atoms with E-state index >= 15 is 0 Å². The van der Waals surface area contributed by atoms with Gasteiger partial charge in [-0.3, -0.25) is 0 Å². The standard InChI is InChI=1S/C18H24N2/c1-13(2)10-17-19-11-15(12-20-17)14-6-8-16(9-7-14)18(3,4)5/h6-9,11-13H,10H2,1-5H3. The first-order valence-corrected chi connectivity index (χ1v) is 7.28. The minimum absolute atomic E-state index is 0.191. The van der Waals surface area contributed by atoms with E-state index in [-0.39, 0.29) is 5.41 Å². The van der Waals surface area contributed by atoms with Crippen LogP contribution < -0.4 is 0 Å². The van der Waals surface area contributed by atoms with Crippen LogP contribution in [0.1, 0.15) is 46.0 Å². The van der Waals surface area contributed by atoms with Gasteiger partial charge in [0.2, 0.25) is 0 Å². The molecular weight excluding hydrogens is 244 g/mol. The Labute approximate surface area is 122 Å². The molecule has 0 radical (unpaired) electrons. The number of nitrogens with zero attached hydrogens (tertiary/aromatic N) is 2. The monoisotopic (exact) mass is 268 g/mol. The molecule has 0 saturated heterocycles. The number of rotatable bonds is 3. The third kappa shape index (κ3) is 3.66. The van der Waals surface area contributed by atoms with Gasteiger partial charge in [0, 0.05) is 24.4 Å². The van der Waals surface area contributed by atoms with Gasteiger partial charge < -0.3 is 0 Å². The second kappa shape index (κ2) is 5.74. The van der Waals surface area contributed by atoms with Crippen LogP contribution in [0.5, 0.6) is 0 Å². The summed E-state index contributed by atoms with van der Waals surface area (Å²) < 4.78 is 0. The molecule has 0 unspecified atom stereocenters. The minimum atomic E-state index is 0.191. The van der Waals surface area contributed by atoms with E-state index in [2.05, 4.69) is 68.9 Å². The molecule has 2 rings (SSSR count). The molecule has 0 aliphatic heterocycles. The van der Waals surface area contributed by atoms with Crippen LogP contribution in [-0.2, 0) is 11.8 Å². The van der Waals surface area contributed by atoms with E-state index in [0.29, 0.717) is 5.92 Å². The molecule has 20 heavy (non-hydrogen) atoms. The highest BCUT2D eigenvalue weighted by Crippen LogP contribution is 2.25. The Morgan fingerprint density at radius 1 is 0.900 bits per heavy atom. The molecule has 0 N–H and O–H groups in total. The maximum Gasteiger partial charge on any atom is 0.128 e. The second-order valence-electron chi connectivity index (χ2n) is 6.81. The van der Waals surface area contributed by atoms with E-state index in [1.54, 1.807) is 0 Å². The number of hydrogen-bond donors (Lipinski definition) is 0. The number of aromatic nitrogens is 2. The van der Waals surface area contributed by atoms with E-state index < -0.39 is 0 Å². The first-order chi connectivity index (χ1) is 9.36. The maximum atomic E-state index is 4.46. The number of hydrogen-bond acceptors (Lipinski definition) is 2. The van der Waals surface area contributed by atoms with E-state index in [9.17, 15) is 0 Å². The van der Waals surface area contributed by atoms with Crippen molar-refractivity contribution < 1.29 is 0 Å². The predicted octanol–water partition coefficient (Wildman–Crippen LogP) is 4.64. The Bertz CT molecular complexity index is 545. The molecule has 1 aromatic carbocycles. The van der Waals surface area contributed by atoms with Gasteiger partial charge in [0.05, 0.1) is 0 Å². The van der Waals surface area contributed by atoms with Crippen molar-refractivity contribution in [2.45, 2.75) is 46.5 Å². The lowest BCUT2D eigenvalue weighted by Crippen LogP contribution is -2.10. The molecule has 0 amide bonds. The topological polar surface area (TPSA) is 25.8 Å². The fourth-order valence-corrected chi connectivity index (χ4v) is 2.14. The molecule has 2 heteroatoms. The molecule has 0 atom stereocenters.